The summed E-state index contributed by atoms with van der Waals surface area (Å²) in [5.41, 5.74) is 7.82. The molecule has 0 atom stereocenters. The first-order valence-corrected chi connectivity index (χ1v) is 6.44. The van der Waals surface area contributed by atoms with E-state index >= 15 is 0 Å². The smallest absolute Gasteiger partial charge is 0.316 e. The van der Waals surface area contributed by atoms with Gasteiger partial charge in [0.15, 0.2) is 0 Å². The number of urea groups is 1. The number of carbonyl (C=O) groups is 1. The van der Waals surface area contributed by atoms with Gasteiger partial charge in [-0.1, -0.05) is 54.3 Å². The Kier molecular flexibility index (Phi) is 4.80. The second-order valence-electron chi connectivity index (χ2n) is 4.32. The molecule has 0 unspecified atom stereocenters. The third kappa shape index (κ3) is 4.18. The molecule has 2 amide bonds. The van der Waals surface area contributed by atoms with E-state index in [1.165, 1.54) is 5.56 Å². The Morgan fingerprint density at radius 1 is 1.05 bits per heavy atom. The minimum atomic E-state index is -0.580. The van der Waals surface area contributed by atoms with E-state index in [1.807, 2.05) is 36.4 Å². The van der Waals surface area contributed by atoms with E-state index in [9.17, 15) is 4.79 Å². The molecule has 0 aromatic heterocycles. The molecule has 3 nitrogen and oxygen atoms in total. The Morgan fingerprint density at radius 2 is 1.75 bits per heavy atom. The van der Waals surface area contributed by atoms with Gasteiger partial charge < -0.3 is 11.1 Å². The van der Waals surface area contributed by atoms with Crippen molar-refractivity contribution in [2.75, 3.05) is 5.32 Å². The number of nitrogens with one attached hydrogen (secondary N) is 1. The van der Waals surface area contributed by atoms with E-state index < -0.39 is 6.03 Å². The molecule has 3 N–H and O–H groups in total. The molecule has 100 valence electrons. The maximum absolute atomic E-state index is 10.9. The quantitative estimate of drug-likeness (QED) is 0.822. The molecule has 0 saturated heterocycles. The van der Waals surface area contributed by atoms with Crippen molar-refractivity contribution in [2.45, 2.75) is 12.8 Å². The maximum Gasteiger partial charge on any atom is 0.316 e. The van der Waals surface area contributed by atoms with Gasteiger partial charge in [0.2, 0.25) is 0 Å². The number of carbonyl (C=O) groups excluding carboxylic acids is 1. The average molecular weight is 264 g/mol. The molecular formula is C17H16N2O. The molecular weight excluding hydrogens is 248 g/mol. The number of benzene rings is 2. The minimum Gasteiger partial charge on any atom is -0.351 e. The Bertz CT molecular complexity index is 639. The summed E-state index contributed by atoms with van der Waals surface area (Å²) in [5, 5.41) is 2.57. The van der Waals surface area contributed by atoms with E-state index in [1.54, 1.807) is 6.07 Å². The normalized spacial score (nSPS) is 9.40. The van der Waals surface area contributed by atoms with Gasteiger partial charge in [0.25, 0.3) is 0 Å². The lowest BCUT2D eigenvalue weighted by Crippen LogP contribution is -2.19. The van der Waals surface area contributed by atoms with Crippen LogP contribution in [-0.2, 0) is 6.42 Å². The summed E-state index contributed by atoms with van der Waals surface area (Å²) >= 11 is 0. The Hall–Kier alpha value is -2.73. The molecule has 20 heavy (non-hydrogen) atoms. The monoisotopic (exact) mass is 264 g/mol. The van der Waals surface area contributed by atoms with Gasteiger partial charge in [-0.2, -0.15) is 0 Å². The number of hydrogen-bond donors (Lipinski definition) is 2. The zero-order valence-electron chi connectivity index (χ0n) is 11.1. The lowest BCUT2D eigenvalue weighted by atomic mass is 10.1. The topological polar surface area (TPSA) is 55.1 Å². The molecule has 2 rings (SSSR count). The molecule has 0 spiro atoms. The van der Waals surface area contributed by atoms with Gasteiger partial charge in [0.1, 0.15) is 0 Å². The Labute approximate surface area is 118 Å². The van der Waals surface area contributed by atoms with Crippen molar-refractivity contribution in [1.82, 2.24) is 0 Å². The number of rotatable bonds is 3. The van der Waals surface area contributed by atoms with Crippen molar-refractivity contribution < 1.29 is 4.79 Å². The van der Waals surface area contributed by atoms with Gasteiger partial charge in [-0.15, -0.1) is 0 Å². The number of aryl methyl sites for hydroxylation is 1. The van der Waals surface area contributed by atoms with Crippen molar-refractivity contribution in [1.29, 1.82) is 0 Å². The largest absolute Gasteiger partial charge is 0.351 e. The average Bonchev–Trinajstić information content (AvgIpc) is 2.46. The van der Waals surface area contributed by atoms with Crippen LogP contribution in [0, 0.1) is 11.8 Å². The zero-order valence-corrected chi connectivity index (χ0v) is 11.1. The van der Waals surface area contributed by atoms with Crippen molar-refractivity contribution in [3.63, 3.8) is 0 Å². The summed E-state index contributed by atoms with van der Waals surface area (Å²) in [4.78, 5) is 10.9. The first-order chi connectivity index (χ1) is 9.75. The standard InChI is InChI=1S/C17H16N2O/c18-17(20)19-16-13-7-6-12-15(16)11-5-4-10-14-8-2-1-3-9-14/h1-3,6-9,12-13H,4,10H2,(H3,18,19,20). The molecule has 0 bridgehead atoms. The highest BCUT2D eigenvalue weighted by Crippen LogP contribution is 2.13. The van der Waals surface area contributed by atoms with E-state index in [0.29, 0.717) is 5.69 Å². The molecule has 0 fully saturated rings. The molecule has 0 aliphatic rings. The van der Waals surface area contributed by atoms with Gasteiger partial charge >= 0.3 is 6.03 Å². The highest BCUT2D eigenvalue weighted by molar-refractivity contribution is 5.89. The van der Waals surface area contributed by atoms with Crippen LogP contribution in [-0.4, -0.2) is 6.03 Å². The Morgan fingerprint density at radius 3 is 2.50 bits per heavy atom. The van der Waals surface area contributed by atoms with E-state index in [-0.39, 0.29) is 0 Å². The summed E-state index contributed by atoms with van der Waals surface area (Å²) in [6, 6.07) is 17.0. The number of amides is 2. The molecule has 0 aliphatic heterocycles. The van der Waals surface area contributed by atoms with Crippen molar-refractivity contribution in [2.24, 2.45) is 5.73 Å². The predicted octanol–water partition coefficient (Wildman–Crippen LogP) is 3.16. The molecule has 0 radical (unpaired) electrons. The summed E-state index contributed by atoms with van der Waals surface area (Å²) in [6.45, 7) is 0. The maximum atomic E-state index is 10.9. The van der Waals surface area contributed by atoms with Crippen LogP contribution in [0.4, 0.5) is 10.5 Å². The molecule has 0 heterocycles. The van der Waals surface area contributed by atoms with Crippen LogP contribution in [0.5, 0.6) is 0 Å². The zero-order chi connectivity index (χ0) is 14.2. The van der Waals surface area contributed by atoms with Gasteiger partial charge in [0, 0.05) is 12.0 Å². The number of para-hydroxylation sites is 1. The lowest BCUT2D eigenvalue weighted by Gasteiger charge is -2.03. The molecule has 0 aliphatic carbocycles. The third-order valence-corrected chi connectivity index (χ3v) is 2.79. The summed E-state index contributed by atoms with van der Waals surface area (Å²) in [7, 11) is 0. The van der Waals surface area contributed by atoms with Crippen LogP contribution in [0.25, 0.3) is 0 Å². The highest BCUT2D eigenvalue weighted by atomic mass is 16.2. The van der Waals surface area contributed by atoms with E-state index in [4.69, 9.17) is 5.73 Å². The van der Waals surface area contributed by atoms with Crippen LogP contribution in [0.3, 0.4) is 0 Å². The molecule has 0 saturated carbocycles. The fourth-order valence-corrected chi connectivity index (χ4v) is 1.84. The van der Waals surface area contributed by atoms with Gasteiger partial charge in [-0.25, -0.2) is 4.79 Å². The van der Waals surface area contributed by atoms with Crippen LogP contribution >= 0.6 is 0 Å². The number of nitrogens with two attached hydrogens (primary N) is 1. The van der Waals surface area contributed by atoms with Crippen molar-refractivity contribution in [3.8, 4) is 11.8 Å². The first kappa shape index (κ1) is 13.7. The number of hydrogen-bond acceptors (Lipinski definition) is 1. The second-order valence-corrected chi connectivity index (χ2v) is 4.32. The van der Waals surface area contributed by atoms with Crippen LogP contribution in [0.1, 0.15) is 17.5 Å². The van der Waals surface area contributed by atoms with Crippen LogP contribution in [0.15, 0.2) is 54.6 Å². The molecule has 2 aromatic carbocycles. The van der Waals surface area contributed by atoms with Gasteiger partial charge in [0.05, 0.1) is 5.69 Å². The lowest BCUT2D eigenvalue weighted by molar-refractivity contribution is 0.259. The first-order valence-electron chi connectivity index (χ1n) is 6.44. The van der Waals surface area contributed by atoms with E-state index in [0.717, 1.165) is 18.4 Å². The van der Waals surface area contributed by atoms with Crippen molar-refractivity contribution >= 4 is 11.7 Å². The predicted molar refractivity (Wildman–Crippen MR) is 81.3 cm³/mol. The second kappa shape index (κ2) is 7.01. The minimum absolute atomic E-state index is 0.580. The Balaban J connectivity index is 2.00. The third-order valence-electron chi connectivity index (χ3n) is 2.79. The van der Waals surface area contributed by atoms with Crippen LogP contribution < -0.4 is 11.1 Å². The fraction of sp³-hybridized carbons (Fsp3) is 0.118. The van der Waals surface area contributed by atoms with Crippen molar-refractivity contribution in [3.05, 3.63) is 65.7 Å². The van der Waals surface area contributed by atoms with Crippen LogP contribution in [0.2, 0.25) is 0 Å². The van der Waals surface area contributed by atoms with Gasteiger partial charge in [-0.05, 0) is 24.1 Å². The molecule has 3 heteroatoms. The molecule has 2 aromatic rings. The summed E-state index contributed by atoms with van der Waals surface area (Å²) in [5.74, 6) is 6.19. The SMILES string of the molecule is NC(=O)Nc1ccccc1C#CCCc1ccccc1. The fourth-order valence-electron chi connectivity index (χ4n) is 1.84. The number of anilines is 1. The summed E-state index contributed by atoms with van der Waals surface area (Å²) in [6.07, 6.45) is 1.69. The number of primary amides is 1. The summed E-state index contributed by atoms with van der Waals surface area (Å²) < 4.78 is 0. The van der Waals surface area contributed by atoms with Gasteiger partial charge in [-0.3, -0.25) is 0 Å². The van der Waals surface area contributed by atoms with E-state index in [2.05, 4.69) is 29.3 Å². The highest BCUT2D eigenvalue weighted by Gasteiger charge is 2.00.